The highest BCUT2D eigenvalue weighted by atomic mass is 32.2. The molecule has 0 aliphatic heterocycles. The number of rotatable bonds is 3. The molecule has 6 nitrogen and oxygen atoms in total. The van der Waals surface area contributed by atoms with Crippen LogP contribution in [0.4, 0.5) is 0 Å². The van der Waals surface area contributed by atoms with Gasteiger partial charge in [-0.2, -0.15) is 0 Å². The zero-order chi connectivity index (χ0) is 12.6. The molecule has 17 heavy (non-hydrogen) atoms. The van der Waals surface area contributed by atoms with Crippen LogP contribution in [0.1, 0.15) is 6.92 Å². The summed E-state index contributed by atoms with van der Waals surface area (Å²) < 4.78 is 36.2. The van der Waals surface area contributed by atoms with Crippen molar-refractivity contribution in [3.63, 3.8) is 0 Å². The highest BCUT2D eigenvalue weighted by Gasteiger charge is 2.24. The van der Waals surface area contributed by atoms with Gasteiger partial charge in [-0.15, -0.1) is 0 Å². The van der Waals surface area contributed by atoms with E-state index in [0.29, 0.717) is 5.65 Å². The number of sulfonamides is 1. The fraction of sp³-hybridized carbons (Fsp3) is 0.222. The van der Waals surface area contributed by atoms with Gasteiger partial charge in [0, 0.05) is 11.9 Å². The number of nitrogens with two attached hydrogens (primary N) is 1. The second-order valence-corrected chi connectivity index (χ2v) is 6.46. The van der Waals surface area contributed by atoms with Gasteiger partial charge in [0.15, 0.2) is 10.1 Å². The summed E-state index contributed by atoms with van der Waals surface area (Å²) in [6, 6.07) is 5.00. The van der Waals surface area contributed by atoms with E-state index in [1.54, 1.807) is 25.1 Å². The monoisotopic (exact) mass is 273 g/mol. The Hall–Kier alpha value is -1.25. The lowest BCUT2D eigenvalue weighted by atomic mass is 10.5. The van der Waals surface area contributed by atoms with Crippen LogP contribution in [0, 0.1) is 0 Å². The zero-order valence-corrected chi connectivity index (χ0v) is 10.7. The predicted molar refractivity (Wildman–Crippen MR) is 63.5 cm³/mol. The Labute approximate surface area is 101 Å². The molecule has 8 heteroatoms. The SMILES string of the molecule is CC[S@](=O)c1nc2ccccn2c1S(N)(=O)=O. The molecule has 1 atom stereocenters. The molecule has 0 unspecified atom stereocenters. The molecule has 0 aliphatic carbocycles. The summed E-state index contributed by atoms with van der Waals surface area (Å²) in [6.45, 7) is 1.69. The molecule has 0 radical (unpaired) electrons. The second-order valence-electron chi connectivity index (χ2n) is 3.33. The van der Waals surface area contributed by atoms with Crippen molar-refractivity contribution in [3.8, 4) is 0 Å². The molecule has 0 amide bonds. The standard InChI is InChI=1S/C9H11N3O3S2/c1-2-16(13)8-9(17(10,14)15)12-6-4-3-5-7(12)11-8/h3-6H,2H2,1H3,(H2,10,14,15)/t16-/m0/s1. The van der Waals surface area contributed by atoms with E-state index in [4.69, 9.17) is 5.14 Å². The molecule has 0 bridgehead atoms. The van der Waals surface area contributed by atoms with Gasteiger partial charge in [-0.3, -0.25) is 8.61 Å². The van der Waals surface area contributed by atoms with Gasteiger partial charge in [0.2, 0.25) is 0 Å². The van der Waals surface area contributed by atoms with Gasteiger partial charge in [-0.1, -0.05) is 13.0 Å². The van der Waals surface area contributed by atoms with Crippen LogP contribution in [0.25, 0.3) is 5.65 Å². The highest BCUT2D eigenvalue weighted by molar-refractivity contribution is 7.90. The van der Waals surface area contributed by atoms with Crippen LogP contribution >= 0.6 is 0 Å². The fourth-order valence-corrected chi connectivity index (χ4v) is 3.60. The van der Waals surface area contributed by atoms with Gasteiger partial charge in [-0.25, -0.2) is 18.5 Å². The Morgan fingerprint density at radius 2 is 2.18 bits per heavy atom. The van der Waals surface area contributed by atoms with E-state index in [1.165, 1.54) is 10.6 Å². The number of nitrogens with zero attached hydrogens (tertiary/aromatic N) is 2. The summed E-state index contributed by atoms with van der Waals surface area (Å²) in [7, 11) is -5.44. The smallest absolute Gasteiger partial charge is 0.256 e. The predicted octanol–water partition coefficient (Wildman–Crippen LogP) is 0.109. The van der Waals surface area contributed by atoms with E-state index in [0.717, 1.165) is 0 Å². The first-order valence-electron chi connectivity index (χ1n) is 4.83. The molecule has 0 aliphatic rings. The molecule has 2 N–H and O–H groups in total. The van der Waals surface area contributed by atoms with E-state index in [2.05, 4.69) is 4.98 Å². The van der Waals surface area contributed by atoms with Crippen LogP contribution in [-0.4, -0.2) is 27.8 Å². The van der Waals surface area contributed by atoms with Crippen molar-refractivity contribution in [1.82, 2.24) is 9.38 Å². The lowest BCUT2D eigenvalue weighted by Crippen LogP contribution is -2.17. The molecular weight excluding hydrogens is 262 g/mol. The van der Waals surface area contributed by atoms with E-state index in [1.807, 2.05) is 0 Å². The summed E-state index contributed by atoms with van der Waals surface area (Å²) >= 11 is 0. The number of aromatic nitrogens is 2. The second kappa shape index (κ2) is 4.21. The first kappa shape index (κ1) is 12.2. The van der Waals surface area contributed by atoms with Gasteiger partial charge in [0.1, 0.15) is 5.65 Å². The fourth-order valence-electron chi connectivity index (χ4n) is 1.50. The molecule has 2 aromatic heterocycles. The van der Waals surface area contributed by atoms with Crippen LogP contribution in [0.3, 0.4) is 0 Å². The highest BCUT2D eigenvalue weighted by Crippen LogP contribution is 2.20. The summed E-state index contributed by atoms with van der Waals surface area (Å²) in [5, 5.41) is 4.95. The van der Waals surface area contributed by atoms with Crippen molar-refractivity contribution in [2.75, 3.05) is 5.75 Å². The number of primary sulfonamides is 1. The van der Waals surface area contributed by atoms with E-state index < -0.39 is 20.8 Å². The first-order chi connectivity index (χ1) is 7.95. The molecule has 2 rings (SSSR count). The first-order valence-corrected chi connectivity index (χ1v) is 7.70. The quantitative estimate of drug-likeness (QED) is 0.858. The molecule has 0 aromatic carbocycles. The van der Waals surface area contributed by atoms with Gasteiger partial charge in [-0.05, 0) is 12.1 Å². The Balaban J connectivity index is 2.89. The Kier molecular flexibility index (Phi) is 3.02. The van der Waals surface area contributed by atoms with Crippen LogP contribution in [0.5, 0.6) is 0 Å². The number of hydrogen-bond acceptors (Lipinski definition) is 4. The maximum Gasteiger partial charge on any atom is 0.256 e. The van der Waals surface area contributed by atoms with Crippen molar-refractivity contribution in [1.29, 1.82) is 0 Å². The molecule has 2 heterocycles. The largest absolute Gasteiger partial charge is 0.288 e. The number of pyridine rings is 1. The minimum absolute atomic E-state index is 0.0150. The third-order valence-electron chi connectivity index (χ3n) is 2.20. The van der Waals surface area contributed by atoms with Crippen LogP contribution < -0.4 is 5.14 Å². The minimum Gasteiger partial charge on any atom is -0.288 e. The van der Waals surface area contributed by atoms with E-state index >= 15 is 0 Å². The average Bonchev–Trinajstić information content (AvgIpc) is 2.66. The number of hydrogen-bond donors (Lipinski definition) is 1. The molecule has 0 saturated carbocycles. The van der Waals surface area contributed by atoms with Crippen LogP contribution in [0.2, 0.25) is 0 Å². The summed E-state index contributed by atoms with van der Waals surface area (Å²) in [4.78, 5) is 4.05. The number of fused-ring (bicyclic) bond motifs is 1. The van der Waals surface area contributed by atoms with E-state index in [9.17, 15) is 12.6 Å². The van der Waals surface area contributed by atoms with Crippen molar-refractivity contribution >= 4 is 26.5 Å². The molecular formula is C9H11N3O3S2. The van der Waals surface area contributed by atoms with Crippen molar-refractivity contribution < 1.29 is 12.6 Å². The molecule has 0 fully saturated rings. The molecule has 2 aromatic rings. The minimum atomic E-state index is -3.96. The van der Waals surface area contributed by atoms with Crippen molar-refractivity contribution in [3.05, 3.63) is 24.4 Å². The third kappa shape index (κ3) is 2.11. The lowest BCUT2D eigenvalue weighted by molar-refractivity contribution is 0.588. The average molecular weight is 273 g/mol. The third-order valence-corrected chi connectivity index (χ3v) is 4.50. The summed E-state index contributed by atoms with van der Waals surface area (Å²) in [5.41, 5.74) is 0.410. The van der Waals surface area contributed by atoms with Crippen LogP contribution in [-0.2, 0) is 20.8 Å². The topological polar surface area (TPSA) is 94.5 Å². The van der Waals surface area contributed by atoms with Crippen molar-refractivity contribution in [2.45, 2.75) is 17.0 Å². The summed E-state index contributed by atoms with van der Waals surface area (Å²) in [6.07, 6.45) is 1.53. The number of imidazole rings is 1. The van der Waals surface area contributed by atoms with Crippen LogP contribution in [0.15, 0.2) is 34.4 Å². The molecule has 0 saturated heterocycles. The molecule has 92 valence electrons. The van der Waals surface area contributed by atoms with Gasteiger partial charge in [0.05, 0.1) is 10.8 Å². The Bertz CT molecular complexity index is 691. The maximum absolute atomic E-state index is 11.8. The van der Waals surface area contributed by atoms with Gasteiger partial charge >= 0.3 is 0 Å². The van der Waals surface area contributed by atoms with E-state index in [-0.39, 0.29) is 15.8 Å². The lowest BCUT2D eigenvalue weighted by Gasteiger charge is -2.00. The van der Waals surface area contributed by atoms with Gasteiger partial charge < -0.3 is 0 Å². The zero-order valence-electron chi connectivity index (χ0n) is 9.03. The maximum atomic E-state index is 11.8. The van der Waals surface area contributed by atoms with Gasteiger partial charge in [0.25, 0.3) is 10.0 Å². The Morgan fingerprint density at radius 1 is 1.47 bits per heavy atom. The Morgan fingerprint density at radius 3 is 2.76 bits per heavy atom. The van der Waals surface area contributed by atoms with Crippen molar-refractivity contribution in [2.24, 2.45) is 5.14 Å². The molecule has 0 spiro atoms. The normalized spacial score (nSPS) is 14.0. The summed E-state index contributed by atoms with van der Waals surface area (Å²) in [5.74, 6) is 0.284.